The number of H-pyrrole nitrogens is 1. The molecule has 0 radical (unpaired) electrons. The van der Waals surface area contributed by atoms with Crippen LogP contribution in [0.25, 0.3) is 10.9 Å². The van der Waals surface area contributed by atoms with Gasteiger partial charge in [-0.3, -0.25) is 9.69 Å². The third-order valence-corrected chi connectivity index (χ3v) is 6.57. The molecule has 1 aliphatic carbocycles. The highest BCUT2D eigenvalue weighted by atomic mass is 16.1. The first-order valence-electron chi connectivity index (χ1n) is 11.8. The molecule has 7 heteroatoms. The number of aromatic amines is 1. The summed E-state index contributed by atoms with van der Waals surface area (Å²) in [5.41, 5.74) is 3.94. The Morgan fingerprint density at radius 2 is 1.82 bits per heavy atom. The van der Waals surface area contributed by atoms with Gasteiger partial charge in [0.1, 0.15) is 0 Å². The van der Waals surface area contributed by atoms with Crippen LogP contribution in [0, 0.1) is 6.92 Å². The molecular weight excluding hydrogens is 412 g/mol. The van der Waals surface area contributed by atoms with Crippen LogP contribution < -0.4 is 5.56 Å². The van der Waals surface area contributed by atoms with Crippen LogP contribution in [0.4, 0.5) is 0 Å². The first-order chi connectivity index (χ1) is 16.2. The number of tetrazole rings is 1. The zero-order chi connectivity index (χ0) is 22.6. The van der Waals surface area contributed by atoms with Gasteiger partial charge >= 0.3 is 0 Å². The molecule has 1 fully saturated rings. The zero-order valence-electron chi connectivity index (χ0n) is 19.1. The van der Waals surface area contributed by atoms with Crippen molar-refractivity contribution in [3.8, 4) is 0 Å². The summed E-state index contributed by atoms with van der Waals surface area (Å²) in [6.07, 6.45) is 5.99. The van der Waals surface area contributed by atoms with Crippen LogP contribution in [0.2, 0.25) is 0 Å². The topological polar surface area (TPSA) is 79.7 Å². The van der Waals surface area contributed by atoms with E-state index >= 15 is 0 Å². The van der Waals surface area contributed by atoms with Gasteiger partial charge in [-0.1, -0.05) is 61.2 Å². The first kappa shape index (κ1) is 21.5. The van der Waals surface area contributed by atoms with Crippen LogP contribution >= 0.6 is 0 Å². The number of nitrogens with zero attached hydrogens (tertiary/aromatic N) is 5. The van der Waals surface area contributed by atoms with E-state index in [1.165, 1.54) is 30.4 Å². The maximum Gasteiger partial charge on any atom is 0.252 e. The second kappa shape index (κ2) is 9.67. The van der Waals surface area contributed by atoms with Gasteiger partial charge in [0.25, 0.3) is 5.56 Å². The van der Waals surface area contributed by atoms with Crippen LogP contribution in [0.15, 0.2) is 59.4 Å². The van der Waals surface area contributed by atoms with Crippen molar-refractivity contribution in [3.63, 3.8) is 0 Å². The average molecular weight is 443 g/mol. The van der Waals surface area contributed by atoms with Gasteiger partial charge < -0.3 is 4.98 Å². The molecular formula is C26H30N6O. The molecule has 1 aliphatic rings. The molecule has 4 aromatic rings. The van der Waals surface area contributed by atoms with Gasteiger partial charge in [-0.25, -0.2) is 4.68 Å². The van der Waals surface area contributed by atoms with E-state index in [9.17, 15) is 4.79 Å². The fourth-order valence-electron chi connectivity index (χ4n) is 4.86. The van der Waals surface area contributed by atoms with Gasteiger partial charge in [0, 0.05) is 24.2 Å². The summed E-state index contributed by atoms with van der Waals surface area (Å²) in [6.45, 7) is 3.88. The largest absolute Gasteiger partial charge is 0.322 e. The van der Waals surface area contributed by atoms with Gasteiger partial charge in [0.2, 0.25) is 0 Å². The molecule has 5 rings (SSSR count). The number of pyridine rings is 1. The molecule has 1 N–H and O–H groups in total. The van der Waals surface area contributed by atoms with Gasteiger partial charge in [-0.15, -0.1) is 5.10 Å². The Morgan fingerprint density at radius 3 is 2.64 bits per heavy atom. The Labute approximate surface area is 193 Å². The number of aryl methyl sites for hydroxylation is 1. The number of rotatable bonds is 7. The molecule has 1 saturated carbocycles. The number of nitrogens with one attached hydrogen (secondary N) is 1. The molecule has 0 atom stereocenters. The maximum absolute atomic E-state index is 12.9. The van der Waals surface area contributed by atoms with Crippen LogP contribution in [0.1, 0.15) is 60.7 Å². The Balaban J connectivity index is 1.44. The number of aromatic nitrogens is 5. The average Bonchev–Trinajstić information content (AvgIpc) is 3.29. The molecule has 0 unspecified atom stereocenters. The second-order valence-electron chi connectivity index (χ2n) is 9.18. The number of fused-ring (bicyclic) bond motifs is 1. The lowest BCUT2D eigenvalue weighted by molar-refractivity contribution is 0.225. The van der Waals surface area contributed by atoms with E-state index in [-0.39, 0.29) is 5.56 Å². The SMILES string of the molecule is Cc1ccc2[nH]c(=O)c(CN(Cc3ccccc3)Cc3nnnn3C3CCCCC3)cc2c1. The minimum Gasteiger partial charge on any atom is -0.322 e. The normalized spacial score (nSPS) is 14.8. The summed E-state index contributed by atoms with van der Waals surface area (Å²) in [4.78, 5) is 18.2. The lowest BCUT2D eigenvalue weighted by atomic mass is 9.95. The molecule has 2 aromatic heterocycles. The Kier molecular flexibility index (Phi) is 6.30. The molecule has 2 aromatic carbocycles. The van der Waals surface area contributed by atoms with Gasteiger partial charge in [0.05, 0.1) is 12.6 Å². The Hall–Kier alpha value is -3.32. The highest BCUT2D eigenvalue weighted by Crippen LogP contribution is 2.28. The molecule has 0 spiro atoms. The molecule has 33 heavy (non-hydrogen) atoms. The van der Waals surface area contributed by atoms with Crippen LogP contribution in [0.3, 0.4) is 0 Å². The van der Waals surface area contributed by atoms with E-state index in [0.29, 0.717) is 25.7 Å². The highest BCUT2D eigenvalue weighted by Gasteiger charge is 2.22. The Bertz CT molecular complexity index is 1270. The summed E-state index contributed by atoms with van der Waals surface area (Å²) in [7, 11) is 0. The maximum atomic E-state index is 12.9. The summed E-state index contributed by atoms with van der Waals surface area (Å²) in [6, 6.07) is 18.8. The monoisotopic (exact) mass is 442 g/mol. The molecule has 7 nitrogen and oxygen atoms in total. The molecule has 0 bridgehead atoms. The third kappa shape index (κ3) is 5.03. The smallest absolute Gasteiger partial charge is 0.252 e. The second-order valence-corrected chi connectivity index (χ2v) is 9.18. The van der Waals surface area contributed by atoms with Crippen molar-refractivity contribution in [2.45, 2.75) is 64.7 Å². The minimum absolute atomic E-state index is 0.0451. The lowest BCUT2D eigenvalue weighted by Gasteiger charge is -2.25. The van der Waals surface area contributed by atoms with Crippen molar-refractivity contribution in [3.05, 3.63) is 87.5 Å². The first-order valence-corrected chi connectivity index (χ1v) is 11.8. The van der Waals surface area contributed by atoms with E-state index in [1.54, 1.807) is 0 Å². The Morgan fingerprint density at radius 1 is 1.00 bits per heavy atom. The van der Waals surface area contributed by atoms with E-state index in [2.05, 4.69) is 50.5 Å². The number of benzene rings is 2. The number of hydrogen-bond acceptors (Lipinski definition) is 5. The minimum atomic E-state index is -0.0451. The zero-order valence-corrected chi connectivity index (χ0v) is 19.1. The van der Waals surface area contributed by atoms with Crippen molar-refractivity contribution in [1.29, 1.82) is 0 Å². The van der Waals surface area contributed by atoms with Crippen molar-refractivity contribution in [1.82, 2.24) is 30.1 Å². The standard InChI is InChI=1S/C26H30N6O/c1-19-12-13-24-21(14-19)15-22(26(33)27-24)17-31(16-20-8-4-2-5-9-20)18-25-28-29-30-32(25)23-10-6-3-7-11-23/h2,4-5,8-9,12-15,23H,3,6-7,10-11,16-18H2,1H3,(H,27,33). The van der Waals surface area contributed by atoms with Crippen LogP contribution in [0.5, 0.6) is 0 Å². The molecule has 170 valence electrons. The molecule has 0 aliphatic heterocycles. The van der Waals surface area contributed by atoms with Crippen LogP contribution in [-0.4, -0.2) is 30.1 Å². The van der Waals surface area contributed by atoms with Gasteiger partial charge in [0.15, 0.2) is 5.82 Å². The summed E-state index contributed by atoms with van der Waals surface area (Å²) >= 11 is 0. The van der Waals surface area contributed by atoms with Crippen molar-refractivity contribution in [2.24, 2.45) is 0 Å². The quantitative estimate of drug-likeness (QED) is 0.455. The van der Waals surface area contributed by atoms with E-state index in [1.807, 2.05) is 41.1 Å². The third-order valence-electron chi connectivity index (χ3n) is 6.57. The summed E-state index contributed by atoms with van der Waals surface area (Å²) in [5, 5.41) is 13.8. The van der Waals surface area contributed by atoms with E-state index < -0.39 is 0 Å². The van der Waals surface area contributed by atoms with Gasteiger partial charge in [-0.05, 0) is 59.3 Å². The summed E-state index contributed by atoms with van der Waals surface area (Å²) < 4.78 is 2.02. The number of hydrogen-bond donors (Lipinski definition) is 1. The van der Waals surface area contributed by atoms with Gasteiger partial charge in [-0.2, -0.15) is 0 Å². The molecule has 2 heterocycles. The van der Waals surface area contributed by atoms with E-state index in [0.717, 1.165) is 35.1 Å². The predicted molar refractivity (Wildman–Crippen MR) is 129 cm³/mol. The summed E-state index contributed by atoms with van der Waals surface area (Å²) in [5.74, 6) is 0.867. The van der Waals surface area contributed by atoms with E-state index in [4.69, 9.17) is 0 Å². The van der Waals surface area contributed by atoms with Crippen molar-refractivity contribution >= 4 is 10.9 Å². The fraction of sp³-hybridized carbons (Fsp3) is 0.385. The lowest BCUT2D eigenvalue weighted by Crippen LogP contribution is -2.29. The molecule has 0 amide bonds. The fourth-order valence-corrected chi connectivity index (χ4v) is 4.86. The van der Waals surface area contributed by atoms with Crippen molar-refractivity contribution in [2.75, 3.05) is 0 Å². The van der Waals surface area contributed by atoms with Crippen molar-refractivity contribution < 1.29 is 0 Å². The van der Waals surface area contributed by atoms with Crippen LogP contribution in [-0.2, 0) is 19.6 Å². The predicted octanol–water partition coefficient (Wildman–Crippen LogP) is 4.53. The molecule has 0 saturated heterocycles. The highest BCUT2D eigenvalue weighted by molar-refractivity contribution is 5.79.